The zero-order chi connectivity index (χ0) is 30.3. The van der Waals surface area contributed by atoms with Crippen molar-refractivity contribution in [2.45, 2.75) is 53.1 Å². The molecule has 0 aliphatic heterocycles. The Morgan fingerprint density at radius 2 is 1.51 bits per heavy atom. The van der Waals surface area contributed by atoms with Crippen LogP contribution in [0.3, 0.4) is 0 Å². The van der Waals surface area contributed by atoms with Crippen molar-refractivity contribution >= 4 is 17.7 Å². The van der Waals surface area contributed by atoms with Crippen molar-refractivity contribution in [3.05, 3.63) is 88.2 Å². The largest absolute Gasteiger partial charge is 0.493 e. The van der Waals surface area contributed by atoms with E-state index in [2.05, 4.69) is 4.98 Å². The Morgan fingerprint density at radius 3 is 2.02 bits per heavy atom. The van der Waals surface area contributed by atoms with Gasteiger partial charge in [0.05, 0.1) is 13.0 Å². The standard InChI is InChI=1S/C31H33F2NO7/c1-17-13-22(7-9-24(17)32)28(23-8-10-25(33)18(2)14-23)20(4)41-31(37)19(3)15-26(36)29-30(40-16-39-21(5)35)27(38-6)11-12-34-29/h7-14,19-20,28H,15-16H2,1-6H3/t19-,20+/m1/s1. The van der Waals surface area contributed by atoms with Gasteiger partial charge in [0.25, 0.3) is 0 Å². The lowest BCUT2D eigenvalue weighted by Gasteiger charge is -2.27. The van der Waals surface area contributed by atoms with Crippen LogP contribution in [0.2, 0.25) is 0 Å². The highest BCUT2D eigenvalue weighted by atomic mass is 19.1. The molecule has 41 heavy (non-hydrogen) atoms. The number of nitrogens with zero attached hydrogens (tertiary/aromatic N) is 1. The van der Waals surface area contributed by atoms with E-state index in [1.165, 1.54) is 38.4 Å². The second-order valence-electron chi connectivity index (χ2n) is 9.75. The molecule has 0 amide bonds. The van der Waals surface area contributed by atoms with Crippen LogP contribution in [-0.4, -0.2) is 42.7 Å². The summed E-state index contributed by atoms with van der Waals surface area (Å²) < 4.78 is 49.4. The van der Waals surface area contributed by atoms with Gasteiger partial charge in [0.1, 0.15) is 17.7 Å². The number of aromatic nitrogens is 1. The first-order valence-corrected chi connectivity index (χ1v) is 13.0. The number of pyridine rings is 1. The lowest BCUT2D eigenvalue weighted by Crippen LogP contribution is -2.28. The third kappa shape index (κ3) is 7.87. The van der Waals surface area contributed by atoms with Crippen molar-refractivity contribution in [1.29, 1.82) is 0 Å². The SMILES string of the molecule is COc1ccnc(C(=O)C[C@@H](C)C(=O)O[C@@H](C)C(c2ccc(F)c(C)c2)c2ccc(F)c(C)c2)c1OCOC(C)=O. The van der Waals surface area contributed by atoms with E-state index in [9.17, 15) is 23.2 Å². The van der Waals surface area contributed by atoms with Crippen LogP contribution in [0.4, 0.5) is 8.78 Å². The van der Waals surface area contributed by atoms with Crippen molar-refractivity contribution in [1.82, 2.24) is 4.98 Å². The second-order valence-corrected chi connectivity index (χ2v) is 9.75. The average molecular weight is 570 g/mol. The summed E-state index contributed by atoms with van der Waals surface area (Å²) >= 11 is 0. The van der Waals surface area contributed by atoms with Crippen LogP contribution in [-0.2, 0) is 19.1 Å². The van der Waals surface area contributed by atoms with Gasteiger partial charge in [-0.1, -0.05) is 31.2 Å². The maximum absolute atomic E-state index is 14.0. The molecule has 0 aliphatic carbocycles. The van der Waals surface area contributed by atoms with Crippen LogP contribution in [0, 0.1) is 31.4 Å². The molecule has 0 saturated carbocycles. The van der Waals surface area contributed by atoms with Gasteiger partial charge in [0.15, 0.2) is 23.0 Å². The van der Waals surface area contributed by atoms with E-state index in [1.807, 2.05) is 0 Å². The number of ketones is 1. The molecule has 0 N–H and O–H groups in total. The predicted octanol–water partition coefficient (Wildman–Crippen LogP) is 5.86. The summed E-state index contributed by atoms with van der Waals surface area (Å²) in [6, 6.07) is 10.7. The molecule has 0 saturated heterocycles. The lowest BCUT2D eigenvalue weighted by atomic mass is 9.85. The van der Waals surface area contributed by atoms with Gasteiger partial charge in [0.2, 0.25) is 6.79 Å². The summed E-state index contributed by atoms with van der Waals surface area (Å²) in [6.45, 7) is 7.26. The van der Waals surface area contributed by atoms with Crippen molar-refractivity contribution in [2.75, 3.05) is 13.9 Å². The number of hydrogen-bond donors (Lipinski definition) is 0. The van der Waals surface area contributed by atoms with E-state index in [0.717, 1.165) is 0 Å². The molecule has 2 aromatic carbocycles. The fourth-order valence-electron chi connectivity index (χ4n) is 4.38. The van der Waals surface area contributed by atoms with Gasteiger partial charge in [0, 0.05) is 31.5 Å². The summed E-state index contributed by atoms with van der Waals surface area (Å²) in [7, 11) is 1.38. The van der Waals surface area contributed by atoms with Gasteiger partial charge in [-0.05, 0) is 55.2 Å². The van der Waals surface area contributed by atoms with Crippen molar-refractivity contribution in [3.63, 3.8) is 0 Å². The van der Waals surface area contributed by atoms with E-state index < -0.39 is 42.5 Å². The number of ether oxygens (including phenoxy) is 4. The number of carbonyl (C=O) groups excluding carboxylic acids is 3. The zero-order valence-corrected chi connectivity index (χ0v) is 23.8. The molecule has 2 atom stereocenters. The number of aryl methyl sites for hydroxylation is 2. The first-order valence-electron chi connectivity index (χ1n) is 13.0. The minimum Gasteiger partial charge on any atom is -0.493 e. The summed E-state index contributed by atoms with van der Waals surface area (Å²) in [5.41, 5.74) is 2.12. The molecular weight excluding hydrogens is 536 g/mol. The van der Waals surface area contributed by atoms with E-state index in [4.69, 9.17) is 18.9 Å². The third-order valence-corrected chi connectivity index (χ3v) is 6.57. The fraction of sp³-hybridized carbons (Fsp3) is 0.355. The molecule has 0 spiro atoms. The number of methoxy groups -OCH3 is 1. The number of benzene rings is 2. The molecule has 0 unspecified atom stereocenters. The normalized spacial score (nSPS) is 12.4. The van der Waals surface area contributed by atoms with Gasteiger partial charge < -0.3 is 18.9 Å². The summed E-state index contributed by atoms with van der Waals surface area (Å²) in [4.78, 5) is 41.5. The molecule has 3 aromatic rings. The van der Waals surface area contributed by atoms with Gasteiger partial charge in [-0.3, -0.25) is 14.4 Å². The van der Waals surface area contributed by atoms with E-state index >= 15 is 0 Å². The topological polar surface area (TPSA) is 101 Å². The quantitative estimate of drug-likeness (QED) is 0.152. The zero-order valence-electron chi connectivity index (χ0n) is 23.8. The predicted molar refractivity (Wildman–Crippen MR) is 146 cm³/mol. The molecular formula is C31H33F2NO7. The summed E-state index contributed by atoms with van der Waals surface area (Å²) in [6.07, 6.45) is 0.355. The minimum atomic E-state index is -0.871. The Kier molecular flexibility index (Phi) is 10.5. The summed E-state index contributed by atoms with van der Waals surface area (Å²) in [5, 5.41) is 0. The maximum Gasteiger partial charge on any atom is 0.309 e. The number of halogens is 2. The van der Waals surface area contributed by atoms with Gasteiger partial charge in [-0.15, -0.1) is 0 Å². The highest BCUT2D eigenvalue weighted by molar-refractivity contribution is 5.99. The highest BCUT2D eigenvalue weighted by Crippen LogP contribution is 2.34. The molecule has 1 aromatic heterocycles. The van der Waals surface area contributed by atoms with E-state index in [0.29, 0.717) is 22.3 Å². The number of rotatable bonds is 12. The molecule has 3 rings (SSSR count). The molecule has 8 nitrogen and oxygen atoms in total. The number of Topliss-reactive ketones (excluding diaryl/α,β-unsaturated/α-hetero) is 1. The smallest absolute Gasteiger partial charge is 0.309 e. The minimum absolute atomic E-state index is 0.0198. The van der Waals surface area contributed by atoms with Crippen LogP contribution in [0.5, 0.6) is 11.5 Å². The summed E-state index contributed by atoms with van der Waals surface area (Å²) in [5.74, 6) is -3.69. The van der Waals surface area contributed by atoms with Crippen LogP contribution < -0.4 is 9.47 Å². The van der Waals surface area contributed by atoms with Crippen LogP contribution in [0.25, 0.3) is 0 Å². The molecule has 0 fully saturated rings. The van der Waals surface area contributed by atoms with Crippen molar-refractivity contribution in [3.8, 4) is 11.5 Å². The van der Waals surface area contributed by atoms with Crippen molar-refractivity contribution in [2.24, 2.45) is 5.92 Å². The molecule has 1 heterocycles. The second kappa shape index (κ2) is 13.8. The van der Waals surface area contributed by atoms with Crippen LogP contribution in [0.1, 0.15) is 65.9 Å². The Labute approximate surface area is 237 Å². The average Bonchev–Trinajstić information content (AvgIpc) is 2.92. The Morgan fingerprint density at radius 1 is 0.927 bits per heavy atom. The highest BCUT2D eigenvalue weighted by Gasteiger charge is 2.30. The first-order chi connectivity index (χ1) is 19.4. The molecule has 218 valence electrons. The molecule has 10 heteroatoms. The van der Waals surface area contributed by atoms with Crippen LogP contribution in [0.15, 0.2) is 48.7 Å². The fourth-order valence-corrected chi connectivity index (χ4v) is 4.38. The van der Waals surface area contributed by atoms with Crippen molar-refractivity contribution < 1.29 is 42.1 Å². The van der Waals surface area contributed by atoms with Gasteiger partial charge in [-0.2, -0.15) is 0 Å². The number of esters is 2. The Bertz CT molecular complexity index is 1370. The van der Waals surface area contributed by atoms with E-state index in [1.54, 1.807) is 52.0 Å². The molecule has 0 radical (unpaired) electrons. The maximum atomic E-state index is 14.0. The molecule has 0 aliphatic rings. The van der Waals surface area contributed by atoms with E-state index in [-0.39, 0.29) is 35.2 Å². The van der Waals surface area contributed by atoms with Gasteiger partial charge >= 0.3 is 11.9 Å². The van der Waals surface area contributed by atoms with Crippen LogP contribution >= 0.6 is 0 Å². The first kappa shape index (κ1) is 31.2. The van der Waals surface area contributed by atoms with Gasteiger partial charge in [-0.25, -0.2) is 13.8 Å². The Hall–Kier alpha value is -4.34. The monoisotopic (exact) mass is 569 g/mol. The number of hydrogen-bond acceptors (Lipinski definition) is 8. The number of carbonyl (C=O) groups is 3. The Balaban J connectivity index is 1.80. The third-order valence-electron chi connectivity index (χ3n) is 6.57. The molecule has 0 bridgehead atoms. The lowest BCUT2D eigenvalue weighted by molar-refractivity contribution is -0.153.